The van der Waals surface area contributed by atoms with Crippen molar-refractivity contribution in [2.45, 2.75) is 43.5 Å². The molecular formula is C21H29N3O5S. The van der Waals surface area contributed by atoms with E-state index in [0.29, 0.717) is 24.5 Å². The number of rotatable bonds is 8. The molecule has 1 saturated heterocycles. The molecule has 0 bridgehead atoms. The average molecular weight is 436 g/mol. The second-order valence-corrected chi connectivity index (χ2v) is 9.28. The molecule has 0 aliphatic carbocycles. The van der Waals surface area contributed by atoms with Gasteiger partial charge in [0.1, 0.15) is 11.5 Å². The van der Waals surface area contributed by atoms with Crippen molar-refractivity contribution in [3.63, 3.8) is 0 Å². The van der Waals surface area contributed by atoms with Crippen LogP contribution >= 0.6 is 0 Å². The summed E-state index contributed by atoms with van der Waals surface area (Å²) in [6, 6.07) is 8.03. The zero-order valence-corrected chi connectivity index (χ0v) is 18.2. The van der Waals surface area contributed by atoms with Gasteiger partial charge >= 0.3 is 0 Å². The predicted octanol–water partition coefficient (Wildman–Crippen LogP) is 3.14. The Kier molecular flexibility index (Phi) is 7.52. The van der Waals surface area contributed by atoms with Gasteiger partial charge in [0.25, 0.3) is 0 Å². The van der Waals surface area contributed by atoms with Gasteiger partial charge in [0, 0.05) is 13.1 Å². The van der Waals surface area contributed by atoms with E-state index < -0.39 is 10.0 Å². The Labute approximate surface area is 177 Å². The number of ether oxygens (including phenoxy) is 1. The molecule has 2 N–H and O–H groups in total. The van der Waals surface area contributed by atoms with Crippen molar-refractivity contribution in [3.8, 4) is 5.75 Å². The maximum atomic E-state index is 13.1. The number of furan rings is 1. The van der Waals surface area contributed by atoms with Gasteiger partial charge in [0.15, 0.2) is 0 Å². The first-order valence-electron chi connectivity index (χ1n) is 10.2. The van der Waals surface area contributed by atoms with E-state index in [1.807, 2.05) is 13.0 Å². The van der Waals surface area contributed by atoms with Crippen molar-refractivity contribution in [1.82, 2.24) is 9.62 Å². The summed E-state index contributed by atoms with van der Waals surface area (Å²) < 4.78 is 38.3. The fourth-order valence-corrected chi connectivity index (χ4v) is 5.00. The fourth-order valence-electron chi connectivity index (χ4n) is 3.45. The molecule has 3 rings (SSSR count). The number of carbonyl (C=O) groups excluding carboxylic acids is 1. The van der Waals surface area contributed by atoms with E-state index in [1.165, 1.54) is 23.5 Å². The number of anilines is 1. The lowest BCUT2D eigenvalue weighted by atomic mass is 10.2. The largest absolute Gasteiger partial charge is 0.495 e. The van der Waals surface area contributed by atoms with Gasteiger partial charge in [-0.3, -0.25) is 10.1 Å². The molecule has 0 radical (unpaired) electrons. The van der Waals surface area contributed by atoms with Crippen LogP contribution < -0.4 is 15.4 Å². The molecule has 1 aliphatic rings. The highest BCUT2D eigenvalue weighted by Crippen LogP contribution is 2.29. The minimum Gasteiger partial charge on any atom is -0.495 e. The maximum absolute atomic E-state index is 13.1. The smallest absolute Gasteiger partial charge is 0.243 e. The zero-order chi connectivity index (χ0) is 21.6. The van der Waals surface area contributed by atoms with E-state index in [0.717, 1.165) is 31.4 Å². The Balaban J connectivity index is 1.71. The average Bonchev–Trinajstić information content (AvgIpc) is 3.13. The SMILES string of the molecule is COc1ccc(S(=O)(=O)N2CCCCCC2)cc1NC(=O)CNC(C)c1ccco1. The van der Waals surface area contributed by atoms with Crippen LogP contribution in [-0.4, -0.2) is 45.4 Å². The second-order valence-electron chi connectivity index (χ2n) is 7.35. The zero-order valence-electron chi connectivity index (χ0n) is 17.4. The van der Waals surface area contributed by atoms with Gasteiger partial charge in [-0.05, 0) is 50.1 Å². The van der Waals surface area contributed by atoms with Gasteiger partial charge in [0.05, 0.1) is 36.5 Å². The van der Waals surface area contributed by atoms with E-state index in [4.69, 9.17) is 9.15 Å². The lowest BCUT2D eigenvalue weighted by Gasteiger charge is -2.21. The fraction of sp³-hybridized carbons (Fsp3) is 0.476. The van der Waals surface area contributed by atoms with E-state index in [9.17, 15) is 13.2 Å². The lowest BCUT2D eigenvalue weighted by molar-refractivity contribution is -0.115. The van der Waals surface area contributed by atoms with Crippen LogP contribution in [0.1, 0.15) is 44.4 Å². The highest BCUT2D eigenvalue weighted by atomic mass is 32.2. The quantitative estimate of drug-likeness (QED) is 0.661. The normalized spacial score (nSPS) is 16.6. The lowest BCUT2D eigenvalue weighted by Crippen LogP contribution is -2.32. The van der Waals surface area contributed by atoms with Crippen LogP contribution in [-0.2, 0) is 14.8 Å². The Morgan fingerprint density at radius 3 is 2.57 bits per heavy atom. The van der Waals surface area contributed by atoms with Gasteiger partial charge < -0.3 is 14.5 Å². The Hall–Kier alpha value is -2.36. The van der Waals surface area contributed by atoms with Crippen LogP contribution in [0.2, 0.25) is 0 Å². The summed E-state index contributed by atoms with van der Waals surface area (Å²) in [4.78, 5) is 12.6. The van der Waals surface area contributed by atoms with Gasteiger partial charge in [-0.15, -0.1) is 0 Å². The minimum atomic E-state index is -3.63. The summed E-state index contributed by atoms with van der Waals surface area (Å²) in [6.45, 7) is 2.96. The molecule has 1 fully saturated rings. The number of hydrogen-bond donors (Lipinski definition) is 2. The van der Waals surface area contributed by atoms with Crippen molar-refractivity contribution in [3.05, 3.63) is 42.4 Å². The van der Waals surface area contributed by atoms with E-state index in [1.54, 1.807) is 18.4 Å². The molecule has 0 saturated carbocycles. The van der Waals surface area contributed by atoms with Crippen LogP contribution in [0.5, 0.6) is 5.75 Å². The van der Waals surface area contributed by atoms with Crippen molar-refractivity contribution in [1.29, 1.82) is 0 Å². The third-order valence-corrected chi connectivity index (χ3v) is 7.08. The minimum absolute atomic E-state index is 0.0358. The first-order chi connectivity index (χ1) is 14.4. The molecule has 30 heavy (non-hydrogen) atoms. The summed E-state index contributed by atoms with van der Waals surface area (Å²) in [7, 11) is -2.15. The van der Waals surface area contributed by atoms with Crippen LogP contribution in [0.15, 0.2) is 45.9 Å². The highest BCUT2D eigenvalue weighted by molar-refractivity contribution is 7.89. The summed E-state index contributed by atoms with van der Waals surface area (Å²) in [5.41, 5.74) is 0.325. The first-order valence-corrected chi connectivity index (χ1v) is 11.6. The molecule has 1 atom stereocenters. The molecule has 2 heterocycles. The number of methoxy groups -OCH3 is 1. The Morgan fingerprint density at radius 2 is 1.93 bits per heavy atom. The first kappa shape index (κ1) is 22.3. The standard InChI is InChI=1S/C21H29N3O5S/c1-16(19-8-7-13-29-19)22-15-21(25)23-18-14-17(9-10-20(18)28-2)30(26,27)24-11-5-3-4-6-12-24/h7-10,13-14,16,22H,3-6,11-12,15H2,1-2H3,(H,23,25). The van der Waals surface area contributed by atoms with Crippen molar-refractivity contribution in [2.75, 3.05) is 32.1 Å². The summed E-state index contributed by atoms with van der Waals surface area (Å²) in [5.74, 6) is 0.819. The summed E-state index contributed by atoms with van der Waals surface area (Å²) in [5, 5.41) is 5.82. The van der Waals surface area contributed by atoms with Gasteiger partial charge in [-0.2, -0.15) is 4.31 Å². The Bertz CT molecular complexity index is 936. The number of sulfonamides is 1. The topological polar surface area (TPSA) is 101 Å². The summed E-state index contributed by atoms with van der Waals surface area (Å²) >= 11 is 0. The monoisotopic (exact) mass is 435 g/mol. The molecular weight excluding hydrogens is 406 g/mol. The predicted molar refractivity (Wildman–Crippen MR) is 114 cm³/mol. The van der Waals surface area contributed by atoms with E-state index in [-0.39, 0.29) is 23.4 Å². The number of nitrogens with zero attached hydrogens (tertiary/aromatic N) is 1. The van der Waals surface area contributed by atoms with Crippen LogP contribution in [0.3, 0.4) is 0 Å². The van der Waals surface area contributed by atoms with Gasteiger partial charge in [0.2, 0.25) is 15.9 Å². The molecule has 1 aliphatic heterocycles. The highest BCUT2D eigenvalue weighted by Gasteiger charge is 2.26. The Morgan fingerprint density at radius 1 is 1.20 bits per heavy atom. The van der Waals surface area contributed by atoms with E-state index >= 15 is 0 Å². The van der Waals surface area contributed by atoms with E-state index in [2.05, 4.69) is 10.6 Å². The molecule has 0 spiro atoms. The molecule has 1 unspecified atom stereocenters. The molecule has 9 heteroatoms. The molecule has 1 amide bonds. The third kappa shape index (κ3) is 5.41. The molecule has 2 aromatic rings. The maximum Gasteiger partial charge on any atom is 0.243 e. The van der Waals surface area contributed by atoms with Crippen molar-refractivity contribution in [2.24, 2.45) is 0 Å². The molecule has 1 aromatic heterocycles. The summed E-state index contributed by atoms with van der Waals surface area (Å²) in [6.07, 6.45) is 5.38. The van der Waals surface area contributed by atoms with Gasteiger partial charge in [-0.25, -0.2) is 8.42 Å². The van der Waals surface area contributed by atoms with Crippen LogP contribution in [0.25, 0.3) is 0 Å². The van der Waals surface area contributed by atoms with Gasteiger partial charge in [-0.1, -0.05) is 12.8 Å². The van der Waals surface area contributed by atoms with Crippen molar-refractivity contribution >= 4 is 21.6 Å². The van der Waals surface area contributed by atoms with Crippen LogP contribution in [0.4, 0.5) is 5.69 Å². The number of carbonyl (C=O) groups is 1. The number of amides is 1. The number of nitrogens with one attached hydrogen (secondary N) is 2. The molecule has 1 aromatic carbocycles. The second kappa shape index (κ2) is 10.1. The molecule has 8 nitrogen and oxygen atoms in total. The third-order valence-electron chi connectivity index (χ3n) is 5.19. The van der Waals surface area contributed by atoms with Crippen LogP contribution in [0, 0.1) is 0 Å². The number of benzene rings is 1. The number of hydrogen-bond acceptors (Lipinski definition) is 6. The van der Waals surface area contributed by atoms with Crippen molar-refractivity contribution < 1.29 is 22.4 Å². The molecule has 164 valence electrons.